The lowest BCUT2D eigenvalue weighted by Crippen LogP contribution is -2.15. The molecule has 7 heteroatoms. The van der Waals surface area contributed by atoms with E-state index in [9.17, 15) is 4.79 Å². The second kappa shape index (κ2) is 7.28. The zero-order chi connectivity index (χ0) is 16.8. The van der Waals surface area contributed by atoms with Crippen molar-refractivity contribution in [1.29, 1.82) is 0 Å². The molecule has 0 unspecified atom stereocenters. The van der Waals surface area contributed by atoms with Gasteiger partial charge in [-0.15, -0.1) is 0 Å². The Kier molecular flexibility index (Phi) is 4.71. The Morgan fingerprint density at radius 1 is 1.04 bits per heavy atom. The van der Waals surface area contributed by atoms with Crippen LogP contribution in [0.5, 0.6) is 0 Å². The SMILES string of the molecule is NC(=O)c1cnc(Cc2cnccn2)cc1NCc1cccnc1. The molecule has 0 saturated carbocycles. The second-order valence-electron chi connectivity index (χ2n) is 5.17. The Balaban J connectivity index is 1.82. The van der Waals surface area contributed by atoms with Crippen LogP contribution in [0.3, 0.4) is 0 Å². The molecule has 0 radical (unpaired) electrons. The monoisotopic (exact) mass is 320 g/mol. The largest absolute Gasteiger partial charge is 0.380 e. The van der Waals surface area contributed by atoms with Crippen molar-refractivity contribution in [3.8, 4) is 0 Å². The maximum atomic E-state index is 11.6. The molecule has 3 aromatic heterocycles. The molecule has 0 aliphatic heterocycles. The predicted octanol–water partition coefficient (Wildman–Crippen LogP) is 1.57. The van der Waals surface area contributed by atoms with Crippen LogP contribution < -0.4 is 11.1 Å². The normalized spacial score (nSPS) is 10.3. The van der Waals surface area contributed by atoms with E-state index in [0.717, 1.165) is 17.0 Å². The number of anilines is 1. The molecule has 3 aromatic rings. The molecule has 0 bridgehead atoms. The van der Waals surface area contributed by atoms with Gasteiger partial charge in [0.05, 0.1) is 16.9 Å². The number of carbonyl (C=O) groups excluding carboxylic acids is 1. The summed E-state index contributed by atoms with van der Waals surface area (Å²) in [6.07, 6.45) is 10.4. The van der Waals surface area contributed by atoms with Gasteiger partial charge in [0.2, 0.25) is 0 Å². The summed E-state index contributed by atoms with van der Waals surface area (Å²) >= 11 is 0. The van der Waals surface area contributed by atoms with Gasteiger partial charge in [-0.1, -0.05) is 6.07 Å². The molecule has 0 aromatic carbocycles. The number of nitrogens with zero attached hydrogens (tertiary/aromatic N) is 4. The van der Waals surface area contributed by atoms with Gasteiger partial charge in [-0.05, 0) is 17.7 Å². The number of hydrogen-bond donors (Lipinski definition) is 2. The molecule has 3 N–H and O–H groups in total. The number of rotatable bonds is 6. The van der Waals surface area contributed by atoms with Crippen LogP contribution in [0.1, 0.15) is 27.3 Å². The Labute approximate surface area is 139 Å². The van der Waals surface area contributed by atoms with Crippen LogP contribution in [0.15, 0.2) is 55.4 Å². The van der Waals surface area contributed by atoms with Crippen molar-refractivity contribution in [3.63, 3.8) is 0 Å². The molecule has 0 fully saturated rings. The highest BCUT2D eigenvalue weighted by Crippen LogP contribution is 2.18. The zero-order valence-corrected chi connectivity index (χ0v) is 12.9. The van der Waals surface area contributed by atoms with Crippen molar-refractivity contribution >= 4 is 11.6 Å². The van der Waals surface area contributed by atoms with Gasteiger partial charge < -0.3 is 11.1 Å². The molecule has 1 amide bonds. The molecule has 0 saturated heterocycles. The molecular weight excluding hydrogens is 304 g/mol. The summed E-state index contributed by atoms with van der Waals surface area (Å²) in [5.41, 5.74) is 8.99. The second-order valence-corrected chi connectivity index (χ2v) is 5.17. The number of carbonyl (C=O) groups is 1. The number of aromatic nitrogens is 4. The van der Waals surface area contributed by atoms with Crippen molar-refractivity contribution in [1.82, 2.24) is 19.9 Å². The smallest absolute Gasteiger partial charge is 0.252 e. The Morgan fingerprint density at radius 2 is 1.92 bits per heavy atom. The molecule has 24 heavy (non-hydrogen) atoms. The van der Waals surface area contributed by atoms with E-state index in [-0.39, 0.29) is 0 Å². The van der Waals surface area contributed by atoms with Crippen LogP contribution in [0, 0.1) is 0 Å². The third-order valence-corrected chi connectivity index (χ3v) is 3.41. The van der Waals surface area contributed by atoms with E-state index in [1.54, 1.807) is 31.0 Å². The first kappa shape index (κ1) is 15.5. The molecule has 7 nitrogen and oxygen atoms in total. The highest BCUT2D eigenvalue weighted by Gasteiger charge is 2.11. The van der Waals surface area contributed by atoms with Crippen LogP contribution in [0.25, 0.3) is 0 Å². The van der Waals surface area contributed by atoms with Gasteiger partial charge in [-0.25, -0.2) is 0 Å². The van der Waals surface area contributed by atoms with Crippen molar-refractivity contribution in [2.75, 3.05) is 5.32 Å². The van der Waals surface area contributed by atoms with E-state index in [2.05, 4.69) is 25.3 Å². The lowest BCUT2D eigenvalue weighted by molar-refractivity contribution is 0.100. The minimum atomic E-state index is -0.526. The molecule has 3 heterocycles. The first-order valence-corrected chi connectivity index (χ1v) is 7.39. The topological polar surface area (TPSA) is 107 Å². The number of nitrogens with two attached hydrogens (primary N) is 1. The van der Waals surface area contributed by atoms with Crippen molar-refractivity contribution in [3.05, 3.63) is 77.9 Å². The van der Waals surface area contributed by atoms with Gasteiger partial charge in [-0.2, -0.15) is 0 Å². The van der Waals surface area contributed by atoms with E-state index in [1.165, 1.54) is 6.20 Å². The van der Waals surface area contributed by atoms with E-state index in [0.29, 0.717) is 24.2 Å². The highest BCUT2D eigenvalue weighted by molar-refractivity contribution is 5.98. The van der Waals surface area contributed by atoms with Crippen molar-refractivity contribution in [2.45, 2.75) is 13.0 Å². The van der Waals surface area contributed by atoms with Crippen molar-refractivity contribution in [2.24, 2.45) is 5.73 Å². The lowest BCUT2D eigenvalue weighted by Gasteiger charge is -2.11. The number of nitrogens with one attached hydrogen (secondary N) is 1. The third-order valence-electron chi connectivity index (χ3n) is 3.41. The van der Waals surface area contributed by atoms with E-state index in [1.807, 2.05) is 18.2 Å². The van der Waals surface area contributed by atoms with Crippen LogP contribution in [0.2, 0.25) is 0 Å². The van der Waals surface area contributed by atoms with Gasteiger partial charge >= 0.3 is 0 Å². The predicted molar refractivity (Wildman–Crippen MR) is 89.2 cm³/mol. The molecule has 3 rings (SSSR count). The van der Waals surface area contributed by atoms with Gasteiger partial charge in [0.1, 0.15) is 0 Å². The van der Waals surface area contributed by atoms with E-state index < -0.39 is 5.91 Å². The number of hydrogen-bond acceptors (Lipinski definition) is 6. The number of amides is 1. The fraction of sp³-hybridized carbons (Fsp3) is 0.118. The highest BCUT2D eigenvalue weighted by atomic mass is 16.1. The first-order chi connectivity index (χ1) is 11.7. The summed E-state index contributed by atoms with van der Waals surface area (Å²) in [5, 5.41) is 3.22. The molecule has 0 aliphatic carbocycles. The molecular formula is C17H16N6O. The average molecular weight is 320 g/mol. The van der Waals surface area contributed by atoms with E-state index >= 15 is 0 Å². The van der Waals surface area contributed by atoms with E-state index in [4.69, 9.17) is 5.73 Å². The Bertz CT molecular complexity index is 823. The van der Waals surface area contributed by atoms with Crippen LogP contribution >= 0.6 is 0 Å². The molecule has 120 valence electrons. The van der Waals surface area contributed by atoms with Crippen LogP contribution in [-0.2, 0) is 13.0 Å². The number of pyridine rings is 2. The summed E-state index contributed by atoms with van der Waals surface area (Å²) in [5.74, 6) is -0.526. The standard InChI is InChI=1S/C17H16N6O/c18-17(24)15-11-22-13(6-14-10-20-4-5-21-14)7-16(15)23-9-12-2-1-3-19-8-12/h1-5,7-8,10-11H,6,9H2,(H2,18,24)(H,22,23). The zero-order valence-electron chi connectivity index (χ0n) is 12.9. The summed E-state index contributed by atoms with van der Waals surface area (Å²) in [4.78, 5) is 28.2. The summed E-state index contributed by atoms with van der Waals surface area (Å²) in [6, 6.07) is 5.62. The fourth-order valence-electron chi connectivity index (χ4n) is 2.24. The Morgan fingerprint density at radius 3 is 2.62 bits per heavy atom. The minimum absolute atomic E-state index is 0.349. The van der Waals surface area contributed by atoms with Gasteiger partial charge in [0.25, 0.3) is 5.91 Å². The fourth-order valence-corrected chi connectivity index (χ4v) is 2.24. The quantitative estimate of drug-likeness (QED) is 0.714. The van der Waals surface area contributed by atoms with Gasteiger partial charge in [0.15, 0.2) is 0 Å². The average Bonchev–Trinajstić information content (AvgIpc) is 2.61. The van der Waals surface area contributed by atoms with Gasteiger partial charge in [-0.3, -0.25) is 24.7 Å². The Hall–Kier alpha value is -3.35. The maximum Gasteiger partial charge on any atom is 0.252 e. The lowest BCUT2D eigenvalue weighted by atomic mass is 10.1. The van der Waals surface area contributed by atoms with Crippen LogP contribution in [0.4, 0.5) is 5.69 Å². The maximum absolute atomic E-state index is 11.6. The minimum Gasteiger partial charge on any atom is -0.380 e. The van der Waals surface area contributed by atoms with Crippen LogP contribution in [-0.4, -0.2) is 25.8 Å². The number of primary amides is 1. The molecule has 0 atom stereocenters. The van der Waals surface area contributed by atoms with Gasteiger partial charge in [0, 0.05) is 55.8 Å². The molecule has 0 aliphatic rings. The third kappa shape index (κ3) is 3.89. The summed E-state index contributed by atoms with van der Waals surface area (Å²) in [7, 11) is 0. The first-order valence-electron chi connectivity index (χ1n) is 7.39. The van der Waals surface area contributed by atoms with Crippen molar-refractivity contribution < 1.29 is 4.79 Å². The summed E-state index contributed by atoms with van der Waals surface area (Å²) < 4.78 is 0. The summed E-state index contributed by atoms with van der Waals surface area (Å²) in [6.45, 7) is 0.530. The molecule has 0 spiro atoms.